The molecule has 31 heavy (non-hydrogen) atoms. The van der Waals surface area contributed by atoms with E-state index < -0.39 is 0 Å². The van der Waals surface area contributed by atoms with Crippen LogP contribution in [0, 0.1) is 0 Å². The van der Waals surface area contributed by atoms with Gasteiger partial charge in [-0.05, 0) is 48.5 Å². The number of aromatic nitrogens is 2. The van der Waals surface area contributed by atoms with Gasteiger partial charge in [-0.1, -0.05) is 41.9 Å². The summed E-state index contributed by atoms with van der Waals surface area (Å²) < 4.78 is 1.26. The number of hydrogen-bond acceptors (Lipinski definition) is 4. The summed E-state index contributed by atoms with van der Waals surface area (Å²) >= 11 is 5.89. The summed E-state index contributed by atoms with van der Waals surface area (Å²) in [5.74, 6) is -0.313. The van der Waals surface area contributed by atoms with E-state index >= 15 is 0 Å². The van der Waals surface area contributed by atoms with E-state index in [0.29, 0.717) is 16.4 Å². The zero-order valence-corrected chi connectivity index (χ0v) is 17.2. The molecule has 154 valence electrons. The molecule has 0 aliphatic rings. The average molecular weight is 431 g/mol. The van der Waals surface area contributed by atoms with Gasteiger partial charge in [-0.15, -0.1) is 0 Å². The first-order valence-electron chi connectivity index (χ1n) is 9.61. The van der Waals surface area contributed by atoms with E-state index in [0.717, 1.165) is 16.9 Å². The monoisotopic (exact) mass is 430 g/mol. The Kier molecular flexibility index (Phi) is 6.10. The van der Waals surface area contributed by atoms with Crippen LogP contribution in [0.2, 0.25) is 5.02 Å². The highest BCUT2D eigenvalue weighted by Gasteiger charge is 2.08. The van der Waals surface area contributed by atoms with Crippen molar-refractivity contribution in [3.63, 3.8) is 0 Å². The summed E-state index contributed by atoms with van der Waals surface area (Å²) in [4.78, 5) is 29.1. The molecule has 4 aromatic rings. The summed E-state index contributed by atoms with van der Waals surface area (Å²) in [6.45, 7) is -0.128. The quantitative estimate of drug-likeness (QED) is 0.454. The number of nitrogens with one attached hydrogen (secondary N) is 2. The molecule has 0 saturated carbocycles. The van der Waals surface area contributed by atoms with Gasteiger partial charge in [0.1, 0.15) is 6.54 Å². The first-order valence-corrected chi connectivity index (χ1v) is 9.99. The lowest BCUT2D eigenvalue weighted by Gasteiger charge is -2.10. The van der Waals surface area contributed by atoms with Crippen molar-refractivity contribution in [2.24, 2.45) is 0 Å². The van der Waals surface area contributed by atoms with Gasteiger partial charge < -0.3 is 10.6 Å². The maximum atomic E-state index is 12.4. The average Bonchev–Trinajstić information content (AvgIpc) is 2.78. The molecule has 4 rings (SSSR count). The molecule has 1 aromatic heterocycles. The molecule has 0 aliphatic carbocycles. The molecule has 0 spiro atoms. The summed E-state index contributed by atoms with van der Waals surface area (Å²) in [5.41, 5.74) is 3.53. The Morgan fingerprint density at radius 3 is 2.19 bits per heavy atom. The SMILES string of the molecule is O=C(Cn1cnc(-c2ccc(Cl)cc2)cc1=O)Nc1ccc(Nc2ccccc2)cc1. The fourth-order valence-electron chi connectivity index (χ4n) is 3.00. The molecule has 2 N–H and O–H groups in total. The van der Waals surface area contributed by atoms with Crippen molar-refractivity contribution in [1.82, 2.24) is 9.55 Å². The summed E-state index contributed by atoms with van der Waals surface area (Å²) in [5, 5.41) is 6.68. The van der Waals surface area contributed by atoms with Gasteiger partial charge in [-0.3, -0.25) is 14.2 Å². The highest BCUT2D eigenvalue weighted by Crippen LogP contribution is 2.19. The van der Waals surface area contributed by atoms with Crippen molar-refractivity contribution in [3.8, 4) is 11.3 Å². The molecule has 3 aromatic carbocycles. The molecule has 0 radical (unpaired) electrons. The molecule has 7 heteroatoms. The smallest absolute Gasteiger partial charge is 0.254 e. The van der Waals surface area contributed by atoms with E-state index in [1.807, 2.05) is 42.5 Å². The van der Waals surface area contributed by atoms with Gasteiger partial charge in [0, 0.05) is 33.7 Å². The second-order valence-electron chi connectivity index (χ2n) is 6.86. The second-order valence-corrected chi connectivity index (χ2v) is 7.30. The number of rotatable bonds is 6. The van der Waals surface area contributed by atoms with E-state index in [-0.39, 0.29) is 18.0 Å². The van der Waals surface area contributed by atoms with Gasteiger partial charge in [-0.2, -0.15) is 0 Å². The number of anilines is 3. The lowest BCUT2D eigenvalue weighted by molar-refractivity contribution is -0.116. The molecule has 6 nitrogen and oxygen atoms in total. The zero-order chi connectivity index (χ0) is 21.6. The first-order chi connectivity index (χ1) is 15.1. The fraction of sp³-hybridized carbons (Fsp3) is 0.0417. The highest BCUT2D eigenvalue weighted by atomic mass is 35.5. The first kappa shape index (κ1) is 20.4. The van der Waals surface area contributed by atoms with Gasteiger partial charge in [0.25, 0.3) is 5.56 Å². The predicted octanol–water partition coefficient (Wildman–Crippen LogP) is 4.95. The minimum Gasteiger partial charge on any atom is -0.356 e. The molecule has 0 aliphatic heterocycles. The van der Waals surface area contributed by atoms with Crippen molar-refractivity contribution < 1.29 is 4.79 Å². The topological polar surface area (TPSA) is 76.0 Å². The van der Waals surface area contributed by atoms with Crippen molar-refractivity contribution in [3.05, 3.63) is 107 Å². The van der Waals surface area contributed by atoms with Crippen LogP contribution in [0.1, 0.15) is 0 Å². The normalized spacial score (nSPS) is 10.5. The number of hydrogen-bond donors (Lipinski definition) is 2. The number of nitrogens with zero attached hydrogens (tertiary/aromatic N) is 2. The third-order valence-corrected chi connectivity index (χ3v) is 4.82. The molecule has 0 unspecified atom stereocenters. The molecule has 0 bridgehead atoms. The minimum atomic E-state index is -0.313. The van der Waals surface area contributed by atoms with E-state index in [2.05, 4.69) is 15.6 Å². The lowest BCUT2D eigenvalue weighted by atomic mass is 10.1. The van der Waals surface area contributed by atoms with Crippen LogP contribution in [0.15, 0.2) is 96.1 Å². The molecular weight excluding hydrogens is 412 g/mol. The number of amides is 1. The summed E-state index contributed by atoms with van der Waals surface area (Å²) in [6.07, 6.45) is 1.37. The Morgan fingerprint density at radius 2 is 1.52 bits per heavy atom. The Hall–Kier alpha value is -3.90. The maximum absolute atomic E-state index is 12.4. The van der Waals surface area contributed by atoms with Crippen LogP contribution < -0.4 is 16.2 Å². The highest BCUT2D eigenvalue weighted by molar-refractivity contribution is 6.30. The van der Waals surface area contributed by atoms with Crippen LogP contribution in [0.4, 0.5) is 17.1 Å². The molecule has 1 amide bonds. The van der Waals surface area contributed by atoms with Crippen molar-refractivity contribution >= 4 is 34.6 Å². The van der Waals surface area contributed by atoms with Crippen molar-refractivity contribution in [1.29, 1.82) is 0 Å². The molecule has 0 atom stereocenters. The third kappa shape index (κ3) is 5.38. The van der Waals surface area contributed by atoms with Crippen LogP contribution in [-0.2, 0) is 11.3 Å². The Balaban J connectivity index is 1.38. The van der Waals surface area contributed by atoms with Crippen LogP contribution in [0.3, 0.4) is 0 Å². The largest absolute Gasteiger partial charge is 0.356 e. The summed E-state index contributed by atoms with van der Waals surface area (Å²) in [6, 6.07) is 25.6. The van der Waals surface area contributed by atoms with Gasteiger partial charge in [0.05, 0.1) is 12.0 Å². The van der Waals surface area contributed by atoms with Crippen molar-refractivity contribution in [2.75, 3.05) is 10.6 Å². The second kappa shape index (κ2) is 9.28. The van der Waals surface area contributed by atoms with Gasteiger partial charge in [-0.25, -0.2) is 4.98 Å². The number of benzene rings is 3. The fourth-order valence-corrected chi connectivity index (χ4v) is 3.13. The Morgan fingerprint density at radius 1 is 0.871 bits per heavy atom. The van der Waals surface area contributed by atoms with Crippen molar-refractivity contribution in [2.45, 2.75) is 6.54 Å². The molecule has 1 heterocycles. The van der Waals surface area contributed by atoms with E-state index in [9.17, 15) is 9.59 Å². The van der Waals surface area contributed by atoms with Crippen LogP contribution in [0.25, 0.3) is 11.3 Å². The van der Waals surface area contributed by atoms with E-state index in [1.54, 1.807) is 36.4 Å². The third-order valence-electron chi connectivity index (χ3n) is 4.56. The Labute approximate surface area is 184 Å². The predicted molar refractivity (Wildman–Crippen MR) is 124 cm³/mol. The number of carbonyl (C=O) groups is 1. The molecule has 0 fully saturated rings. The Bertz CT molecular complexity index is 1240. The number of carbonyl (C=O) groups excluding carboxylic acids is 1. The molecular formula is C24H19ClN4O2. The number of halogens is 1. The van der Waals surface area contributed by atoms with Gasteiger partial charge in [0.2, 0.25) is 5.91 Å². The number of para-hydroxylation sites is 1. The van der Waals surface area contributed by atoms with Crippen LogP contribution in [0.5, 0.6) is 0 Å². The van der Waals surface area contributed by atoms with Gasteiger partial charge in [0.15, 0.2) is 0 Å². The van der Waals surface area contributed by atoms with Gasteiger partial charge >= 0.3 is 0 Å². The summed E-state index contributed by atoms with van der Waals surface area (Å²) in [7, 11) is 0. The van der Waals surface area contributed by atoms with Crippen LogP contribution in [-0.4, -0.2) is 15.5 Å². The minimum absolute atomic E-state index is 0.128. The van der Waals surface area contributed by atoms with E-state index in [4.69, 9.17) is 11.6 Å². The maximum Gasteiger partial charge on any atom is 0.254 e. The standard InChI is InChI=1S/C24H19ClN4O2/c25-18-8-6-17(7-9-18)22-14-24(31)29(16-26-22)15-23(30)28-21-12-10-20(11-13-21)27-19-4-2-1-3-5-19/h1-14,16,27H,15H2,(H,28,30). The van der Waals surface area contributed by atoms with Crippen LogP contribution >= 0.6 is 11.6 Å². The van der Waals surface area contributed by atoms with E-state index in [1.165, 1.54) is 17.0 Å². The molecule has 0 saturated heterocycles. The zero-order valence-electron chi connectivity index (χ0n) is 16.5. The lowest BCUT2D eigenvalue weighted by Crippen LogP contribution is -2.27.